The highest BCUT2D eigenvalue weighted by molar-refractivity contribution is 5.78. The zero-order valence-corrected chi connectivity index (χ0v) is 25.2. The normalized spacial score (nSPS) is 25.9. The van der Waals surface area contributed by atoms with Crippen LogP contribution in [0.4, 0.5) is 0 Å². The largest absolute Gasteiger partial charge is 0.497 e. The predicted octanol–water partition coefficient (Wildman–Crippen LogP) is 9.19. The van der Waals surface area contributed by atoms with E-state index in [1.807, 2.05) is 12.1 Å². The predicted molar refractivity (Wildman–Crippen MR) is 163 cm³/mol. The Kier molecular flexibility index (Phi) is 10.9. The van der Waals surface area contributed by atoms with Crippen LogP contribution in [0.2, 0.25) is 0 Å². The van der Waals surface area contributed by atoms with Gasteiger partial charge in [-0.2, -0.15) is 0 Å². The quantitative estimate of drug-likeness (QED) is 0.306. The Bertz CT molecular complexity index is 998. The second kappa shape index (κ2) is 14.4. The summed E-state index contributed by atoms with van der Waals surface area (Å²) in [6, 6.07) is 19.6. The summed E-state index contributed by atoms with van der Waals surface area (Å²) in [4.78, 5) is 16.3. The molecule has 214 valence electrons. The van der Waals surface area contributed by atoms with Crippen LogP contribution in [-0.4, -0.2) is 24.5 Å². The topological polar surface area (TPSA) is 29.5 Å². The van der Waals surface area contributed by atoms with Crippen LogP contribution >= 0.6 is 0 Å². The summed E-state index contributed by atoms with van der Waals surface area (Å²) >= 11 is 0. The number of ether oxygens (including phenoxy) is 1. The Morgan fingerprint density at radius 1 is 0.949 bits per heavy atom. The first-order valence-corrected chi connectivity index (χ1v) is 15.9. The summed E-state index contributed by atoms with van der Waals surface area (Å²) < 4.78 is 5.38. The molecule has 0 bridgehead atoms. The molecule has 2 aromatic rings. The van der Waals surface area contributed by atoms with Crippen LogP contribution in [0.3, 0.4) is 0 Å². The number of methoxy groups -OCH3 is 1. The number of carbonyl (C=O) groups is 1. The molecule has 1 saturated carbocycles. The zero-order chi connectivity index (χ0) is 27.7. The standard InChI is InChI=1S/C36H53NO2/c1-5-28(2)26-36(33-15-7-6-8-16-33)23-10-14-32(20-17-30-12-9-13-30)29(3)35(38)37(25-11-24-36)27-31-18-21-34(39-4)22-19-31/h6-8,15-16,18-19,21-22,28-30,32H,5,9-14,17,20,23-27H2,1-4H3/t28?,29?,32?,36-/m0/s1. The third-order valence-electron chi connectivity index (χ3n) is 10.2. The van der Waals surface area contributed by atoms with Crippen molar-refractivity contribution in [2.75, 3.05) is 13.7 Å². The molecule has 0 N–H and O–H groups in total. The van der Waals surface area contributed by atoms with Gasteiger partial charge < -0.3 is 9.64 Å². The average Bonchev–Trinajstić information content (AvgIpc) is 2.96. The van der Waals surface area contributed by atoms with Crippen LogP contribution in [0.25, 0.3) is 0 Å². The van der Waals surface area contributed by atoms with E-state index < -0.39 is 0 Å². The minimum atomic E-state index is 0.0853. The Balaban J connectivity index is 1.61. The molecule has 4 atom stereocenters. The molecule has 2 aliphatic rings. The van der Waals surface area contributed by atoms with E-state index >= 15 is 0 Å². The maximum Gasteiger partial charge on any atom is 0.225 e. The molecule has 3 heteroatoms. The molecule has 4 rings (SSSR count). The van der Waals surface area contributed by atoms with E-state index in [1.165, 1.54) is 75.3 Å². The van der Waals surface area contributed by atoms with Crippen molar-refractivity contribution >= 4 is 5.91 Å². The number of nitrogens with zero attached hydrogens (tertiary/aromatic N) is 1. The SMILES string of the molecule is CCC(C)C[C@]1(c2ccccc2)CCCC(CCC2CCC2)C(C)C(=O)N(Cc2ccc(OC)cc2)CCC1. The van der Waals surface area contributed by atoms with Gasteiger partial charge in [-0.05, 0) is 85.0 Å². The van der Waals surface area contributed by atoms with E-state index in [2.05, 4.69) is 68.1 Å². The highest BCUT2D eigenvalue weighted by Crippen LogP contribution is 2.43. The van der Waals surface area contributed by atoms with Gasteiger partial charge in [0.15, 0.2) is 0 Å². The fraction of sp³-hybridized carbons (Fsp3) is 0.639. The summed E-state index contributed by atoms with van der Waals surface area (Å²) in [5, 5.41) is 0. The first-order chi connectivity index (χ1) is 18.9. The van der Waals surface area contributed by atoms with Crippen LogP contribution in [0, 0.1) is 23.7 Å². The fourth-order valence-electron chi connectivity index (χ4n) is 7.23. The van der Waals surface area contributed by atoms with Gasteiger partial charge in [-0.3, -0.25) is 4.79 Å². The Hall–Kier alpha value is -2.29. The lowest BCUT2D eigenvalue weighted by Crippen LogP contribution is -2.38. The number of hydrogen-bond donors (Lipinski definition) is 0. The van der Waals surface area contributed by atoms with Gasteiger partial charge >= 0.3 is 0 Å². The van der Waals surface area contributed by atoms with E-state index in [4.69, 9.17) is 4.74 Å². The van der Waals surface area contributed by atoms with Crippen molar-refractivity contribution in [2.45, 2.75) is 110 Å². The molecule has 3 unspecified atom stereocenters. The highest BCUT2D eigenvalue weighted by atomic mass is 16.5. The molecule has 2 fully saturated rings. The van der Waals surface area contributed by atoms with Gasteiger partial charge in [-0.15, -0.1) is 0 Å². The van der Waals surface area contributed by atoms with E-state index in [-0.39, 0.29) is 11.3 Å². The van der Waals surface area contributed by atoms with Crippen molar-refractivity contribution < 1.29 is 9.53 Å². The number of rotatable bonds is 10. The van der Waals surface area contributed by atoms with E-state index in [1.54, 1.807) is 7.11 Å². The summed E-state index contributed by atoms with van der Waals surface area (Å²) in [5.74, 6) is 3.38. The average molecular weight is 532 g/mol. The summed E-state index contributed by atoms with van der Waals surface area (Å²) in [7, 11) is 1.70. The van der Waals surface area contributed by atoms with Gasteiger partial charge in [0.05, 0.1) is 7.11 Å². The number of carbonyl (C=O) groups excluding carboxylic acids is 1. The number of benzene rings is 2. The molecule has 3 nitrogen and oxygen atoms in total. The molecule has 1 heterocycles. The second-order valence-corrected chi connectivity index (χ2v) is 12.9. The lowest BCUT2D eigenvalue weighted by molar-refractivity contribution is -0.137. The van der Waals surface area contributed by atoms with E-state index in [0.717, 1.165) is 31.1 Å². The molecular weight excluding hydrogens is 478 g/mol. The Morgan fingerprint density at radius 2 is 1.67 bits per heavy atom. The van der Waals surface area contributed by atoms with Crippen LogP contribution < -0.4 is 4.74 Å². The Labute approximate surface area is 238 Å². The van der Waals surface area contributed by atoms with Crippen molar-refractivity contribution in [2.24, 2.45) is 23.7 Å². The monoisotopic (exact) mass is 531 g/mol. The van der Waals surface area contributed by atoms with E-state index in [0.29, 0.717) is 24.3 Å². The molecule has 39 heavy (non-hydrogen) atoms. The fourth-order valence-corrected chi connectivity index (χ4v) is 7.23. The molecule has 0 radical (unpaired) electrons. The van der Waals surface area contributed by atoms with Gasteiger partial charge in [-0.1, -0.05) is 102 Å². The minimum absolute atomic E-state index is 0.0853. The highest BCUT2D eigenvalue weighted by Gasteiger charge is 2.36. The van der Waals surface area contributed by atoms with Crippen molar-refractivity contribution in [3.63, 3.8) is 0 Å². The molecule has 0 spiro atoms. The summed E-state index contributed by atoms with van der Waals surface area (Å²) in [5.41, 5.74) is 2.89. The molecule has 1 amide bonds. The van der Waals surface area contributed by atoms with Gasteiger partial charge in [0.2, 0.25) is 5.91 Å². The molecule has 1 aliphatic carbocycles. The number of hydrogen-bond acceptors (Lipinski definition) is 2. The smallest absolute Gasteiger partial charge is 0.225 e. The molecular formula is C36H53NO2. The number of amides is 1. The first-order valence-electron chi connectivity index (χ1n) is 15.9. The molecule has 0 aromatic heterocycles. The van der Waals surface area contributed by atoms with Crippen LogP contribution in [0.1, 0.15) is 109 Å². The Morgan fingerprint density at radius 3 is 2.31 bits per heavy atom. The van der Waals surface area contributed by atoms with Crippen LogP contribution in [0.5, 0.6) is 5.75 Å². The minimum Gasteiger partial charge on any atom is -0.497 e. The van der Waals surface area contributed by atoms with E-state index in [9.17, 15) is 4.79 Å². The molecule has 1 saturated heterocycles. The molecule has 2 aromatic carbocycles. The third-order valence-corrected chi connectivity index (χ3v) is 10.2. The first kappa shape index (κ1) is 29.7. The van der Waals surface area contributed by atoms with Gasteiger partial charge in [0.25, 0.3) is 0 Å². The lowest BCUT2D eigenvalue weighted by atomic mass is 9.67. The van der Waals surface area contributed by atoms with Gasteiger partial charge in [0.1, 0.15) is 5.75 Å². The van der Waals surface area contributed by atoms with Crippen molar-refractivity contribution in [1.82, 2.24) is 4.90 Å². The molecule has 1 aliphatic heterocycles. The summed E-state index contributed by atoms with van der Waals surface area (Å²) in [6.45, 7) is 8.52. The zero-order valence-electron chi connectivity index (χ0n) is 25.2. The van der Waals surface area contributed by atoms with Crippen molar-refractivity contribution in [1.29, 1.82) is 0 Å². The maximum atomic E-state index is 14.1. The van der Waals surface area contributed by atoms with Crippen molar-refractivity contribution in [3.8, 4) is 5.75 Å². The van der Waals surface area contributed by atoms with Crippen LogP contribution in [-0.2, 0) is 16.8 Å². The third kappa shape index (κ3) is 7.89. The van der Waals surface area contributed by atoms with Gasteiger partial charge in [-0.25, -0.2) is 0 Å². The van der Waals surface area contributed by atoms with Gasteiger partial charge in [0, 0.05) is 19.0 Å². The van der Waals surface area contributed by atoms with Crippen LogP contribution in [0.15, 0.2) is 54.6 Å². The van der Waals surface area contributed by atoms with Crippen molar-refractivity contribution in [3.05, 3.63) is 65.7 Å². The maximum absolute atomic E-state index is 14.1. The second-order valence-electron chi connectivity index (χ2n) is 12.9. The lowest BCUT2D eigenvalue weighted by Gasteiger charge is -2.38. The summed E-state index contributed by atoms with van der Waals surface area (Å²) in [6.07, 6.45) is 15.0.